The Morgan fingerprint density at radius 2 is 1.39 bits per heavy atom. The first kappa shape index (κ1) is 33.2. The third-order valence-electron chi connectivity index (χ3n) is 9.41. The molecule has 31 heavy (non-hydrogen) atoms. The molecule has 0 aliphatic heterocycles. The third-order valence-corrected chi connectivity index (χ3v) is 30.7. The molecule has 3 saturated carbocycles. The van der Waals surface area contributed by atoms with E-state index in [4.69, 9.17) is 28.6 Å². The van der Waals surface area contributed by atoms with E-state index in [9.17, 15) is 0 Å². The Bertz CT molecular complexity index is 521. The van der Waals surface area contributed by atoms with Crippen LogP contribution in [0.25, 0.3) is 0 Å². The number of alkyl halides is 1. The zero-order valence-corrected chi connectivity index (χ0v) is 28.7. The minimum absolute atomic E-state index is 0. The van der Waals surface area contributed by atoms with E-state index in [2.05, 4.69) is 47.0 Å². The van der Waals surface area contributed by atoms with Crippen LogP contribution >= 0.6 is 28.6 Å². The van der Waals surface area contributed by atoms with E-state index < -0.39 is 36.0 Å². The van der Waals surface area contributed by atoms with Gasteiger partial charge in [0, 0.05) is 20.6 Å². The topological polar surface area (TPSA) is 0 Å². The monoisotopic (exact) mass is 602 g/mol. The summed E-state index contributed by atoms with van der Waals surface area (Å²) in [5.41, 5.74) is 2.69. The molecule has 0 spiro atoms. The van der Waals surface area contributed by atoms with Gasteiger partial charge in [0.2, 0.25) is 0 Å². The van der Waals surface area contributed by atoms with Gasteiger partial charge in [0.15, 0.2) is 0 Å². The third kappa shape index (κ3) is 8.10. The van der Waals surface area contributed by atoms with Gasteiger partial charge < -0.3 is 14.9 Å². The Morgan fingerprint density at radius 1 is 0.806 bits per heavy atom. The van der Waals surface area contributed by atoms with Gasteiger partial charge in [-0.3, -0.25) is 0 Å². The van der Waals surface area contributed by atoms with Crippen LogP contribution in [0.2, 0.25) is 37.3 Å². The van der Waals surface area contributed by atoms with E-state index in [0.29, 0.717) is 10.8 Å². The van der Waals surface area contributed by atoms with Crippen LogP contribution in [0.15, 0.2) is 0 Å². The fraction of sp³-hybridized carbons (Fsp3) is 0.920. The second kappa shape index (κ2) is 13.5. The molecule has 3 fully saturated rings. The van der Waals surface area contributed by atoms with E-state index in [1.807, 2.05) is 0 Å². The summed E-state index contributed by atoms with van der Waals surface area (Å²) >= 11 is 5.96. The van der Waals surface area contributed by atoms with E-state index in [0.717, 1.165) is 28.8 Å². The van der Waals surface area contributed by atoms with Crippen molar-refractivity contribution in [1.82, 2.24) is 0 Å². The molecular formula is C25H51Cl3Si2Zr. The van der Waals surface area contributed by atoms with E-state index in [1.54, 1.807) is 12.8 Å². The van der Waals surface area contributed by atoms with Gasteiger partial charge >= 0.3 is 37.9 Å². The molecule has 3 rings (SSSR count). The van der Waals surface area contributed by atoms with Crippen molar-refractivity contribution in [2.24, 2.45) is 23.2 Å². The van der Waals surface area contributed by atoms with Gasteiger partial charge in [-0.1, -0.05) is 85.5 Å². The zero-order valence-electron chi connectivity index (χ0n) is 22.0. The number of fused-ring (bicyclic) bond motifs is 1. The van der Waals surface area contributed by atoms with Crippen molar-refractivity contribution in [1.29, 1.82) is 0 Å². The molecule has 6 unspecified atom stereocenters. The van der Waals surface area contributed by atoms with E-state index >= 15 is 0 Å². The fourth-order valence-corrected chi connectivity index (χ4v) is 22.0. The Labute approximate surface area is 222 Å². The zero-order chi connectivity index (χ0) is 22.0. The van der Waals surface area contributed by atoms with E-state index in [1.165, 1.54) is 44.9 Å². The summed E-state index contributed by atoms with van der Waals surface area (Å²) in [7, 11) is 7.48. The van der Waals surface area contributed by atoms with Crippen molar-refractivity contribution in [3.05, 3.63) is 14.9 Å². The molecule has 6 atom stereocenters. The van der Waals surface area contributed by atoms with Crippen LogP contribution in [0.5, 0.6) is 0 Å². The van der Waals surface area contributed by atoms with Crippen molar-refractivity contribution in [2.45, 2.75) is 121 Å². The molecule has 0 aromatic heterocycles. The molecule has 0 radical (unpaired) electrons. The van der Waals surface area contributed by atoms with Crippen LogP contribution in [-0.2, 0) is 20.8 Å². The Balaban J connectivity index is 0.00000170. The van der Waals surface area contributed by atoms with Crippen molar-refractivity contribution >= 4 is 43.8 Å². The van der Waals surface area contributed by atoms with Crippen LogP contribution in [0, 0.1) is 38.0 Å². The Kier molecular flexibility index (Phi) is 14.4. The summed E-state index contributed by atoms with van der Waals surface area (Å²) in [6, 6.07) is 0. The SMILES string of the molecule is CC(C)(C)CC1CCC([Si](C)(C)[Si](C)(C)C2CCC3C(Cl)CCCC32)C1.[CH3-].[CH3-].[Cl][Zr+2][Cl]. The molecule has 0 nitrogen and oxygen atoms in total. The number of hydrogen-bond donors (Lipinski definition) is 0. The van der Waals surface area contributed by atoms with Gasteiger partial charge in [-0.15, -0.1) is 11.6 Å². The second-order valence-electron chi connectivity index (χ2n) is 12.6. The summed E-state index contributed by atoms with van der Waals surface area (Å²) in [6.07, 6.45) is 13.2. The molecule has 3 aliphatic rings. The summed E-state index contributed by atoms with van der Waals surface area (Å²) < 4.78 is 0. The van der Waals surface area contributed by atoms with Crippen molar-refractivity contribution in [3.63, 3.8) is 0 Å². The van der Waals surface area contributed by atoms with Gasteiger partial charge in [-0.25, -0.2) is 0 Å². The molecular weight excluding hydrogens is 554 g/mol. The average Bonchev–Trinajstić information content (AvgIpc) is 3.22. The molecule has 0 bridgehead atoms. The van der Waals surface area contributed by atoms with Crippen LogP contribution in [-0.4, -0.2) is 20.6 Å². The van der Waals surface area contributed by atoms with Gasteiger partial charge in [-0.05, 0) is 53.5 Å². The predicted octanol–water partition coefficient (Wildman–Crippen LogP) is 10.6. The van der Waals surface area contributed by atoms with Gasteiger partial charge in [0.1, 0.15) is 0 Å². The Hall–Kier alpha value is 2.19. The molecule has 3 aliphatic carbocycles. The number of hydrogen-bond acceptors (Lipinski definition) is 0. The maximum absolute atomic E-state index is 6.78. The van der Waals surface area contributed by atoms with Gasteiger partial charge in [-0.2, -0.15) is 0 Å². The first-order valence-electron chi connectivity index (χ1n) is 12.0. The summed E-state index contributed by atoms with van der Waals surface area (Å²) in [5, 5.41) is 0.496. The molecule has 0 aromatic carbocycles. The number of rotatable bonds is 4. The molecule has 184 valence electrons. The number of halogens is 3. The average molecular weight is 605 g/mol. The van der Waals surface area contributed by atoms with Crippen LogP contribution in [0.4, 0.5) is 0 Å². The maximum atomic E-state index is 6.78. The summed E-state index contributed by atoms with van der Waals surface area (Å²) in [5.74, 6) is 2.87. The van der Waals surface area contributed by atoms with Crippen molar-refractivity contribution in [2.75, 3.05) is 0 Å². The minimum atomic E-state index is -1.21. The summed E-state index contributed by atoms with van der Waals surface area (Å²) in [4.78, 5) is 0. The molecule has 0 amide bonds. The molecule has 0 N–H and O–H groups in total. The van der Waals surface area contributed by atoms with E-state index in [-0.39, 0.29) is 14.9 Å². The van der Waals surface area contributed by atoms with Crippen LogP contribution < -0.4 is 0 Å². The quantitative estimate of drug-likeness (QED) is 0.170. The van der Waals surface area contributed by atoms with Crippen LogP contribution in [0.1, 0.15) is 78.6 Å². The second-order valence-corrected chi connectivity index (χ2v) is 33.1. The Morgan fingerprint density at radius 3 is 1.94 bits per heavy atom. The molecule has 6 heteroatoms. The fourth-order valence-electron chi connectivity index (χ4n) is 7.41. The summed E-state index contributed by atoms with van der Waals surface area (Å²) in [6.45, 7) is 18.6. The van der Waals surface area contributed by atoms with Crippen molar-refractivity contribution < 1.29 is 20.8 Å². The normalized spacial score (nSPS) is 33.2. The standard InChI is InChI=1S/C23H45ClSi2.2CH3.2ClH.Zr/c1-23(2,3)16-17-11-12-18(15-17)25(4,5)26(6,7)22-14-13-19-20(22)9-8-10-21(19)24;;;;;/h17-22H,8-16H2,1-7H3;2*1H3;2*1H;/q;2*-1;;;+4/p-2. The first-order valence-corrected chi connectivity index (χ1v) is 25.9. The van der Waals surface area contributed by atoms with Crippen LogP contribution in [0.3, 0.4) is 0 Å². The first-order chi connectivity index (χ1) is 13.3. The molecule has 0 aromatic rings. The predicted molar refractivity (Wildman–Crippen MR) is 148 cm³/mol. The van der Waals surface area contributed by atoms with Gasteiger partial charge in [0.05, 0.1) is 0 Å². The molecule has 0 heterocycles. The molecule has 0 saturated heterocycles. The van der Waals surface area contributed by atoms with Gasteiger partial charge in [0.25, 0.3) is 0 Å². The van der Waals surface area contributed by atoms with Crippen molar-refractivity contribution in [3.8, 4) is 0 Å².